The van der Waals surface area contributed by atoms with E-state index in [1.165, 1.54) is 0 Å². The Morgan fingerprint density at radius 1 is 1.22 bits per heavy atom. The first-order valence-electron chi connectivity index (χ1n) is 9.13. The van der Waals surface area contributed by atoms with Gasteiger partial charge < -0.3 is 19.7 Å². The minimum Gasteiger partial charge on any atom is -0.484 e. The summed E-state index contributed by atoms with van der Waals surface area (Å²) in [4.78, 5) is 26.1. The summed E-state index contributed by atoms with van der Waals surface area (Å²) in [7, 11) is 0. The molecular formula is C21H24N2O4. The van der Waals surface area contributed by atoms with Crippen LogP contribution in [0, 0.1) is 6.92 Å². The molecule has 2 aromatic rings. The van der Waals surface area contributed by atoms with E-state index in [9.17, 15) is 9.59 Å². The molecule has 27 heavy (non-hydrogen) atoms. The number of hydrogen-bond acceptors (Lipinski definition) is 4. The second-order valence-electron chi connectivity index (χ2n) is 6.52. The van der Waals surface area contributed by atoms with E-state index in [1.807, 2.05) is 31.2 Å². The molecule has 0 aliphatic carbocycles. The molecule has 0 saturated heterocycles. The minimum absolute atomic E-state index is 0.0484. The van der Waals surface area contributed by atoms with Gasteiger partial charge in [0.05, 0.1) is 5.69 Å². The maximum Gasteiger partial charge on any atom is 0.265 e. The summed E-state index contributed by atoms with van der Waals surface area (Å²) >= 11 is 0. The van der Waals surface area contributed by atoms with Crippen LogP contribution in [0.25, 0.3) is 0 Å². The van der Waals surface area contributed by atoms with Crippen molar-refractivity contribution in [3.63, 3.8) is 0 Å². The third-order valence-electron chi connectivity index (χ3n) is 4.31. The van der Waals surface area contributed by atoms with E-state index in [1.54, 1.807) is 23.1 Å². The van der Waals surface area contributed by atoms with Crippen molar-refractivity contribution in [2.45, 2.75) is 26.7 Å². The van der Waals surface area contributed by atoms with E-state index in [2.05, 4.69) is 12.2 Å². The van der Waals surface area contributed by atoms with Gasteiger partial charge in [-0.05, 0) is 43.7 Å². The van der Waals surface area contributed by atoms with Gasteiger partial charge in [-0.1, -0.05) is 31.0 Å². The van der Waals surface area contributed by atoms with Gasteiger partial charge in [-0.2, -0.15) is 0 Å². The van der Waals surface area contributed by atoms with E-state index in [0.717, 1.165) is 18.4 Å². The summed E-state index contributed by atoms with van der Waals surface area (Å²) in [6, 6.07) is 12.8. The van der Waals surface area contributed by atoms with E-state index in [-0.39, 0.29) is 25.0 Å². The molecule has 0 fully saturated rings. The number of amides is 2. The normalized spacial score (nSPS) is 13.0. The van der Waals surface area contributed by atoms with Crippen LogP contribution in [0.15, 0.2) is 42.5 Å². The number of nitrogens with one attached hydrogen (secondary N) is 1. The van der Waals surface area contributed by atoms with E-state index >= 15 is 0 Å². The number of anilines is 2. The van der Waals surface area contributed by atoms with Crippen molar-refractivity contribution < 1.29 is 19.1 Å². The lowest BCUT2D eigenvalue weighted by Gasteiger charge is -2.29. The molecule has 142 valence electrons. The molecule has 0 radical (unpaired) electrons. The van der Waals surface area contributed by atoms with E-state index in [0.29, 0.717) is 29.4 Å². The fraction of sp³-hybridized carbons (Fsp3) is 0.333. The van der Waals surface area contributed by atoms with Crippen LogP contribution in [0.5, 0.6) is 11.5 Å². The molecule has 0 atom stereocenters. The van der Waals surface area contributed by atoms with Gasteiger partial charge in [-0.3, -0.25) is 9.59 Å². The number of ether oxygens (including phenoxy) is 2. The zero-order chi connectivity index (χ0) is 19.2. The molecule has 0 unspecified atom stereocenters. The molecule has 2 amide bonds. The molecule has 0 bridgehead atoms. The number of carbonyl (C=O) groups is 2. The molecule has 1 aliphatic heterocycles. The Morgan fingerprint density at radius 2 is 2.00 bits per heavy atom. The molecule has 6 nitrogen and oxygen atoms in total. The molecule has 0 spiro atoms. The molecular weight excluding hydrogens is 344 g/mol. The number of unbranched alkanes of at least 4 members (excludes halogenated alkanes) is 1. The van der Waals surface area contributed by atoms with E-state index in [4.69, 9.17) is 9.47 Å². The zero-order valence-corrected chi connectivity index (χ0v) is 15.7. The molecule has 1 aliphatic rings. The van der Waals surface area contributed by atoms with Crippen molar-refractivity contribution in [2.75, 3.05) is 30.0 Å². The Hall–Kier alpha value is -3.02. The van der Waals surface area contributed by atoms with Crippen molar-refractivity contribution in [1.82, 2.24) is 0 Å². The highest BCUT2D eigenvalue weighted by Gasteiger charge is 2.25. The molecule has 2 aromatic carbocycles. The summed E-state index contributed by atoms with van der Waals surface area (Å²) in [5.41, 5.74) is 2.42. The first-order valence-corrected chi connectivity index (χ1v) is 9.13. The van der Waals surface area contributed by atoms with Crippen molar-refractivity contribution in [3.05, 3.63) is 48.0 Å². The fourth-order valence-electron chi connectivity index (χ4n) is 2.82. The largest absolute Gasteiger partial charge is 0.484 e. The third kappa shape index (κ3) is 4.78. The number of carbonyl (C=O) groups excluding carboxylic acids is 2. The Bertz CT molecular complexity index is 817. The topological polar surface area (TPSA) is 67.9 Å². The number of nitrogens with zero attached hydrogens (tertiary/aromatic N) is 1. The Labute approximate surface area is 159 Å². The third-order valence-corrected chi connectivity index (χ3v) is 4.31. The molecule has 6 heteroatoms. The summed E-state index contributed by atoms with van der Waals surface area (Å²) in [5.74, 6) is 0.964. The summed E-state index contributed by atoms with van der Waals surface area (Å²) in [6.45, 7) is 4.67. The molecule has 3 rings (SSSR count). The second-order valence-corrected chi connectivity index (χ2v) is 6.52. The zero-order valence-electron chi connectivity index (χ0n) is 15.7. The standard InChI is InChI=1S/C21H24N2O4/c1-3-4-11-23-18-12-16(7-10-19(18)27-14-21(23)25)22-20(24)13-26-17-8-5-15(2)6-9-17/h5-10,12H,3-4,11,13-14H2,1-2H3,(H,22,24). The SMILES string of the molecule is CCCCN1C(=O)COc2ccc(NC(=O)COc3ccc(C)cc3)cc21. The van der Waals surface area contributed by atoms with Gasteiger partial charge in [0.15, 0.2) is 13.2 Å². The molecule has 0 aromatic heterocycles. The first kappa shape index (κ1) is 18.8. The quantitative estimate of drug-likeness (QED) is 0.812. The van der Waals surface area contributed by atoms with Crippen LogP contribution in [0.2, 0.25) is 0 Å². The van der Waals surface area contributed by atoms with Crippen molar-refractivity contribution >= 4 is 23.2 Å². The molecule has 1 N–H and O–H groups in total. The number of benzene rings is 2. The van der Waals surface area contributed by atoms with Crippen LogP contribution in [0.4, 0.5) is 11.4 Å². The number of aryl methyl sites for hydroxylation is 1. The number of fused-ring (bicyclic) bond motifs is 1. The molecule has 1 heterocycles. The monoisotopic (exact) mass is 368 g/mol. The van der Waals surface area contributed by atoms with Gasteiger partial charge >= 0.3 is 0 Å². The fourth-order valence-corrected chi connectivity index (χ4v) is 2.82. The highest BCUT2D eigenvalue weighted by atomic mass is 16.5. The maximum absolute atomic E-state index is 12.2. The second kappa shape index (κ2) is 8.58. The lowest BCUT2D eigenvalue weighted by atomic mass is 10.2. The van der Waals surface area contributed by atoms with Gasteiger partial charge in [-0.25, -0.2) is 0 Å². The average molecular weight is 368 g/mol. The van der Waals surface area contributed by atoms with Gasteiger partial charge in [0.2, 0.25) is 0 Å². The number of rotatable bonds is 7. The Morgan fingerprint density at radius 3 is 2.74 bits per heavy atom. The van der Waals surface area contributed by atoms with Crippen LogP contribution >= 0.6 is 0 Å². The average Bonchev–Trinajstić information content (AvgIpc) is 2.67. The van der Waals surface area contributed by atoms with Crippen molar-refractivity contribution in [2.24, 2.45) is 0 Å². The van der Waals surface area contributed by atoms with Crippen LogP contribution in [0.1, 0.15) is 25.3 Å². The van der Waals surface area contributed by atoms with Crippen LogP contribution in [-0.4, -0.2) is 31.6 Å². The first-order chi connectivity index (χ1) is 13.1. The van der Waals surface area contributed by atoms with Crippen molar-refractivity contribution in [3.8, 4) is 11.5 Å². The Balaban J connectivity index is 1.65. The number of hydrogen-bond donors (Lipinski definition) is 1. The summed E-state index contributed by atoms with van der Waals surface area (Å²) in [5, 5.41) is 2.81. The lowest BCUT2D eigenvalue weighted by molar-refractivity contribution is -0.121. The van der Waals surface area contributed by atoms with Gasteiger partial charge in [0, 0.05) is 12.2 Å². The smallest absolute Gasteiger partial charge is 0.265 e. The van der Waals surface area contributed by atoms with Crippen molar-refractivity contribution in [1.29, 1.82) is 0 Å². The Kier molecular flexibility index (Phi) is 5.96. The predicted molar refractivity (Wildman–Crippen MR) is 105 cm³/mol. The van der Waals surface area contributed by atoms with Gasteiger partial charge in [0.1, 0.15) is 11.5 Å². The van der Waals surface area contributed by atoms with E-state index < -0.39 is 0 Å². The van der Waals surface area contributed by atoms with Gasteiger partial charge in [-0.15, -0.1) is 0 Å². The minimum atomic E-state index is -0.265. The highest BCUT2D eigenvalue weighted by molar-refractivity contribution is 5.99. The van der Waals surface area contributed by atoms with Crippen LogP contribution in [0.3, 0.4) is 0 Å². The van der Waals surface area contributed by atoms with Crippen LogP contribution in [-0.2, 0) is 9.59 Å². The van der Waals surface area contributed by atoms with Crippen LogP contribution < -0.4 is 19.7 Å². The predicted octanol–water partition coefficient (Wildman–Crippen LogP) is 3.54. The summed E-state index contributed by atoms with van der Waals surface area (Å²) in [6.07, 6.45) is 1.90. The summed E-state index contributed by atoms with van der Waals surface area (Å²) < 4.78 is 11.0. The lowest BCUT2D eigenvalue weighted by Crippen LogP contribution is -2.39. The maximum atomic E-state index is 12.2. The van der Waals surface area contributed by atoms with Gasteiger partial charge in [0.25, 0.3) is 11.8 Å². The molecule has 0 saturated carbocycles. The highest BCUT2D eigenvalue weighted by Crippen LogP contribution is 2.34.